The number of pyridine rings is 1. The Balaban J connectivity index is 1.19. The van der Waals surface area contributed by atoms with Crippen LogP contribution in [0.4, 0.5) is 0 Å². The first-order chi connectivity index (χ1) is 19.2. The van der Waals surface area contributed by atoms with Gasteiger partial charge in [0.25, 0.3) is 5.91 Å². The lowest BCUT2D eigenvalue weighted by Crippen LogP contribution is -2.52. The van der Waals surface area contributed by atoms with Crippen molar-refractivity contribution in [1.29, 1.82) is 0 Å². The van der Waals surface area contributed by atoms with Crippen molar-refractivity contribution in [3.63, 3.8) is 0 Å². The molecule has 6 rings (SSSR count). The van der Waals surface area contributed by atoms with Gasteiger partial charge in [-0.3, -0.25) is 19.4 Å². The van der Waals surface area contributed by atoms with E-state index in [1.54, 1.807) is 49.6 Å². The lowest BCUT2D eigenvalue weighted by molar-refractivity contribution is -0.138. The molecule has 3 aliphatic rings. The van der Waals surface area contributed by atoms with E-state index in [0.29, 0.717) is 41.2 Å². The SMILES string of the molecule is COc1ccc2oc(C(=O)NC(CC3CC3)C(=O)N3CCC4C3C(=O)CN4S(=O)(=O)Cc3ccccn3)cc2c1. The molecule has 12 heteroatoms. The average Bonchev–Trinajstić information content (AvgIpc) is 3.34. The van der Waals surface area contributed by atoms with Crippen LogP contribution in [0.25, 0.3) is 11.0 Å². The van der Waals surface area contributed by atoms with Crippen LogP contribution in [-0.4, -0.2) is 78.5 Å². The summed E-state index contributed by atoms with van der Waals surface area (Å²) in [6, 6.07) is 9.48. The molecular weight excluding hydrogens is 536 g/mol. The number of ether oxygens (including phenoxy) is 1. The number of nitrogens with zero attached hydrogens (tertiary/aromatic N) is 3. The Morgan fingerprint density at radius 2 is 2.00 bits per heavy atom. The fourth-order valence-electron chi connectivity index (χ4n) is 5.73. The zero-order valence-electron chi connectivity index (χ0n) is 22.0. The summed E-state index contributed by atoms with van der Waals surface area (Å²) >= 11 is 0. The van der Waals surface area contributed by atoms with Gasteiger partial charge in [-0.2, -0.15) is 4.31 Å². The molecule has 4 heterocycles. The van der Waals surface area contributed by atoms with Gasteiger partial charge < -0.3 is 19.4 Å². The minimum absolute atomic E-state index is 0.0693. The van der Waals surface area contributed by atoms with Crippen molar-refractivity contribution in [2.45, 2.75) is 49.6 Å². The van der Waals surface area contributed by atoms with Crippen molar-refractivity contribution in [1.82, 2.24) is 19.5 Å². The number of aromatic nitrogens is 1. The van der Waals surface area contributed by atoms with E-state index in [-0.39, 0.29) is 36.3 Å². The Labute approximate surface area is 231 Å². The van der Waals surface area contributed by atoms with Gasteiger partial charge in [0.2, 0.25) is 15.9 Å². The van der Waals surface area contributed by atoms with Crippen molar-refractivity contribution < 1.29 is 32.0 Å². The molecule has 1 N–H and O–H groups in total. The summed E-state index contributed by atoms with van der Waals surface area (Å²) in [5.74, 6) is -0.527. The maximum Gasteiger partial charge on any atom is 0.287 e. The second-order valence-corrected chi connectivity index (χ2v) is 12.6. The Bertz CT molecular complexity index is 1570. The maximum atomic E-state index is 13.8. The number of benzene rings is 1. The predicted molar refractivity (Wildman–Crippen MR) is 144 cm³/mol. The number of amides is 2. The van der Waals surface area contributed by atoms with Gasteiger partial charge in [0.15, 0.2) is 11.5 Å². The normalized spacial score (nSPS) is 21.9. The highest BCUT2D eigenvalue weighted by Crippen LogP contribution is 2.37. The Kier molecular flexibility index (Phi) is 6.83. The molecule has 210 valence electrons. The van der Waals surface area contributed by atoms with Crippen molar-refractivity contribution >= 4 is 38.6 Å². The van der Waals surface area contributed by atoms with Crippen molar-refractivity contribution in [3.8, 4) is 5.75 Å². The quantitative estimate of drug-likeness (QED) is 0.416. The minimum atomic E-state index is -3.83. The molecule has 2 amide bonds. The molecule has 2 saturated heterocycles. The van der Waals surface area contributed by atoms with Crippen LogP contribution < -0.4 is 10.1 Å². The van der Waals surface area contributed by atoms with Gasteiger partial charge in [-0.15, -0.1) is 0 Å². The molecule has 1 aromatic carbocycles. The largest absolute Gasteiger partial charge is 0.497 e. The number of sulfonamides is 1. The molecule has 40 heavy (non-hydrogen) atoms. The van der Waals surface area contributed by atoms with Crippen LogP contribution in [0.3, 0.4) is 0 Å². The number of likely N-dealkylation sites (tertiary alicyclic amines) is 1. The molecule has 0 spiro atoms. The molecule has 1 saturated carbocycles. The van der Waals surface area contributed by atoms with Gasteiger partial charge in [-0.05, 0) is 55.2 Å². The summed E-state index contributed by atoms with van der Waals surface area (Å²) < 4.78 is 38.6. The van der Waals surface area contributed by atoms with Crippen LogP contribution in [0.2, 0.25) is 0 Å². The lowest BCUT2D eigenvalue weighted by Gasteiger charge is -2.28. The molecule has 2 aliphatic heterocycles. The minimum Gasteiger partial charge on any atom is -0.497 e. The topological polar surface area (TPSA) is 139 Å². The number of fused-ring (bicyclic) bond motifs is 2. The second kappa shape index (κ2) is 10.3. The van der Waals surface area contributed by atoms with Crippen molar-refractivity contribution in [2.24, 2.45) is 5.92 Å². The number of hydrogen-bond donors (Lipinski definition) is 1. The molecule has 3 atom stereocenters. The first-order valence-electron chi connectivity index (χ1n) is 13.3. The maximum absolute atomic E-state index is 13.8. The smallest absolute Gasteiger partial charge is 0.287 e. The molecule has 0 radical (unpaired) electrons. The third-order valence-corrected chi connectivity index (χ3v) is 9.67. The van der Waals surface area contributed by atoms with E-state index < -0.39 is 34.1 Å². The number of carbonyl (C=O) groups excluding carboxylic acids is 3. The van der Waals surface area contributed by atoms with Crippen LogP contribution in [0.5, 0.6) is 5.75 Å². The van der Waals surface area contributed by atoms with Crippen LogP contribution in [0.15, 0.2) is 53.1 Å². The van der Waals surface area contributed by atoms with Gasteiger partial charge in [0.1, 0.15) is 29.2 Å². The predicted octanol–water partition coefficient (Wildman–Crippen LogP) is 2.12. The van der Waals surface area contributed by atoms with E-state index in [1.165, 1.54) is 15.4 Å². The molecule has 3 aromatic rings. The molecule has 0 bridgehead atoms. The number of Topliss-reactive ketones (excluding diaryl/α,β-unsaturated/α-hetero) is 1. The van der Waals surface area contributed by atoms with Crippen LogP contribution in [0.1, 0.15) is 41.9 Å². The zero-order valence-corrected chi connectivity index (χ0v) is 22.8. The molecular formula is C28H30N4O7S. The third kappa shape index (κ3) is 5.08. The van der Waals surface area contributed by atoms with Crippen molar-refractivity contribution in [2.75, 3.05) is 20.2 Å². The number of carbonyl (C=O) groups is 3. The summed E-state index contributed by atoms with van der Waals surface area (Å²) in [5.41, 5.74) is 0.905. The van der Waals surface area contributed by atoms with E-state index in [2.05, 4.69) is 10.3 Å². The number of nitrogens with one attached hydrogen (secondary N) is 1. The van der Waals surface area contributed by atoms with Crippen LogP contribution in [-0.2, 0) is 25.4 Å². The highest BCUT2D eigenvalue weighted by Gasteiger charge is 2.54. The van der Waals surface area contributed by atoms with E-state index in [4.69, 9.17) is 9.15 Å². The number of furan rings is 1. The first-order valence-corrected chi connectivity index (χ1v) is 15.0. The molecule has 2 aromatic heterocycles. The molecule has 3 unspecified atom stereocenters. The summed E-state index contributed by atoms with van der Waals surface area (Å²) in [5, 5.41) is 3.53. The average molecular weight is 567 g/mol. The van der Waals surface area contributed by atoms with Crippen LogP contribution >= 0.6 is 0 Å². The number of ketones is 1. The number of hydrogen-bond acceptors (Lipinski definition) is 8. The standard InChI is InChI=1S/C28H30N4O7S/c1-38-20-7-8-24-18(13-20)14-25(39-24)27(34)30-21(12-17-5-6-17)28(35)31-11-9-22-26(31)23(33)15-32(22)40(36,37)16-19-4-2-3-10-29-19/h2-4,7-8,10,13-14,17,21-22,26H,5-6,9,11-12,15-16H2,1H3,(H,30,34). The third-order valence-electron chi connectivity index (χ3n) is 7.89. The number of rotatable bonds is 9. The van der Waals surface area contributed by atoms with E-state index >= 15 is 0 Å². The monoisotopic (exact) mass is 566 g/mol. The molecule has 11 nitrogen and oxygen atoms in total. The fourth-order valence-corrected chi connectivity index (χ4v) is 7.40. The Morgan fingerprint density at radius 3 is 2.73 bits per heavy atom. The van der Waals surface area contributed by atoms with Gasteiger partial charge in [0, 0.05) is 18.1 Å². The highest BCUT2D eigenvalue weighted by atomic mass is 32.2. The summed E-state index contributed by atoms with van der Waals surface area (Å²) in [4.78, 5) is 45.7. The van der Waals surface area contributed by atoms with Gasteiger partial charge in [-0.1, -0.05) is 18.9 Å². The van der Waals surface area contributed by atoms with Gasteiger partial charge in [-0.25, -0.2) is 8.42 Å². The van der Waals surface area contributed by atoms with E-state index in [9.17, 15) is 22.8 Å². The molecule has 3 fully saturated rings. The number of methoxy groups -OCH3 is 1. The lowest BCUT2D eigenvalue weighted by atomic mass is 10.1. The molecule has 1 aliphatic carbocycles. The van der Waals surface area contributed by atoms with Gasteiger partial charge >= 0.3 is 0 Å². The summed E-state index contributed by atoms with van der Waals surface area (Å²) in [7, 11) is -2.28. The summed E-state index contributed by atoms with van der Waals surface area (Å²) in [6.45, 7) is -0.0483. The van der Waals surface area contributed by atoms with E-state index in [1.807, 2.05) is 0 Å². The Morgan fingerprint density at radius 1 is 1.18 bits per heavy atom. The summed E-state index contributed by atoms with van der Waals surface area (Å²) in [6.07, 6.45) is 4.25. The highest BCUT2D eigenvalue weighted by molar-refractivity contribution is 7.88. The Hall–Kier alpha value is -3.77. The zero-order chi connectivity index (χ0) is 28.0. The first kappa shape index (κ1) is 26.5. The van der Waals surface area contributed by atoms with Crippen molar-refractivity contribution in [3.05, 3.63) is 60.1 Å². The second-order valence-electron chi connectivity index (χ2n) is 10.6. The van der Waals surface area contributed by atoms with E-state index in [0.717, 1.165) is 12.8 Å². The van der Waals surface area contributed by atoms with Gasteiger partial charge in [0.05, 0.1) is 25.4 Å². The van der Waals surface area contributed by atoms with Crippen LogP contribution in [0, 0.1) is 5.92 Å². The fraction of sp³-hybridized carbons (Fsp3) is 0.429.